The SMILES string of the molecule is C1=NCCC1c1cccc2ccoc12. The smallest absolute Gasteiger partial charge is 0.137 e. The summed E-state index contributed by atoms with van der Waals surface area (Å²) >= 11 is 0. The first-order chi connectivity index (χ1) is 6.95. The third-order valence-electron chi connectivity index (χ3n) is 2.76. The number of rotatable bonds is 1. The molecule has 1 aliphatic rings. The van der Waals surface area contributed by atoms with Crippen molar-refractivity contribution in [1.29, 1.82) is 0 Å². The maximum atomic E-state index is 5.50. The van der Waals surface area contributed by atoms with Crippen LogP contribution < -0.4 is 0 Å². The highest BCUT2D eigenvalue weighted by Crippen LogP contribution is 2.29. The van der Waals surface area contributed by atoms with Crippen molar-refractivity contribution in [2.75, 3.05) is 6.54 Å². The first-order valence-corrected chi connectivity index (χ1v) is 4.91. The van der Waals surface area contributed by atoms with Gasteiger partial charge in [0.05, 0.1) is 6.26 Å². The van der Waals surface area contributed by atoms with Crippen LogP contribution in [0.2, 0.25) is 0 Å². The predicted molar refractivity (Wildman–Crippen MR) is 56.9 cm³/mol. The summed E-state index contributed by atoms with van der Waals surface area (Å²) in [7, 11) is 0. The molecule has 2 heterocycles. The van der Waals surface area contributed by atoms with E-state index in [0.29, 0.717) is 5.92 Å². The number of aliphatic imine (C=N–C) groups is 1. The summed E-state index contributed by atoms with van der Waals surface area (Å²) in [6, 6.07) is 8.30. The number of hydrogen-bond acceptors (Lipinski definition) is 2. The van der Waals surface area contributed by atoms with Gasteiger partial charge in [-0.1, -0.05) is 18.2 Å². The fourth-order valence-corrected chi connectivity index (χ4v) is 2.03. The van der Waals surface area contributed by atoms with E-state index >= 15 is 0 Å². The van der Waals surface area contributed by atoms with Gasteiger partial charge in [-0.3, -0.25) is 4.99 Å². The second-order valence-corrected chi connectivity index (χ2v) is 3.64. The van der Waals surface area contributed by atoms with Gasteiger partial charge in [-0.15, -0.1) is 0 Å². The zero-order valence-electron chi connectivity index (χ0n) is 7.81. The molecule has 3 rings (SSSR count). The molecule has 0 bridgehead atoms. The number of furan rings is 1. The number of nitrogens with zero attached hydrogens (tertiary/aromatic N) is 1. The van der Waals surface area contributed by atoms with Crippen LogP contribution >= 0.6 is 0 Å². The molecule has 14 heavy (non-hydrogen) atoms. The molecule has 0 aliphatic carbocycles. The normalized spacial score (nSPS) is 20.7. The minimum Gasteiger partial charge on any atom is -0.464 e. The molecule has 70 valence electrons. The van der Waals surface area contributed by atoms with E-state index in [4.69, 9.17) is 4.42 Å². The summed E-state index contributed by atoms with van der Waals surface area (Å²) in [6.07, 6.45) is 4.90. The van der Waals surface area contributed by atoms with Crippen LogP contribution in [0.15, 0.2) is 39.9 Å². The van der Waals surface area contributed by atoms with Crippen molar-refractivity contribution in [2.45, 2.75) is 12.3 Å². The van der Waals surface area contributed by atoms with Crippen molar-refractivity contribution >= 4 is 17.2 Å². The first kappa shape index (κ1) is 7.80. The molecule has 2 aromatic rings. The van der Waals surface area contributed by atoms with E-state index in [0.717, 1.165) is 18.5 Å². The lowest BCUT2D eigenvalue weighted by Crippen LogP contribution is -1.95. The van der Waals surface area contributed by atoms with Crippen molar-refractivity contribution in [3.05, 3.63) is 36.1 Å². The molecule has 0 radical (unpaired) electrons. The standard InChI is InChI=1S/C12H11NO/c1-2-9-5-7-14-12(9)11(3-1)10-4-6-13-8-10/h1-3,5,7-8,10H,4,6H2. The van der Waals surface area contributed by atoms with Gasteiger partial charge in [-0.05, 0) is 12.5 Å². The molecule has 0 saturated carbocycles. The summed E-state index contributed by atoms with van der Waals surface area (Å²) in [5.74, 6) is 0.449. The Morgan fingerprint density at radius 3 is 3.14 bits per heavy atom. The highest BCUT2D eigenvalue weighted by Gasteiger charge is 2.16. The molecule has 1 aliphatic heterocycles. The van der Waals surface area contributed by atoms with Gasteiger partial charge in [-0.2, -0.15) is 0 Å². The summed E-state index contributed by atoms with van der Waals surface area (Å²) in [4.78, 5) is 4.27. The van der Waals surface area contributed by atoms with Crippen molar-refractivity contribution in [2.24, 2.45) is 4.99 Å². The van der Waals surface area contributed by atoms with Crippen molar-refractivity contribution < 1.29 is 4.42 Å². The maximum Gasteiger partial charge on any atom is 0.137 e. The van der Waals surface area contributed by atoms with Crippen molar-refractivity contribution in [3.8, 4) is 0 Å². The predicted octanol–water partition coefficient (Wildman–Crippen LogP) is 2.99. The van der Waals surface area contributed by atoms with Gasteiger partial charge in [0.25, 0.3) is 0 Å². The van der Waals surface area contributed by atoms with Crippen LogP contribution in [0, 0.1) is 0 Å². The first-order valence-electron chi connectivity index (χ1n) is 4.91. The molecule has 1 atom stereocenters. The zero-order valence-corrected chi connectivity index (χ0v) is 7.81. The maximum absolute atomic E-state index is 5.50. The van der Waals surface area contributed by atoms with E-state index in [2.05, 4.69) is 23.2 Å². The molecule has 1 aromatic heterocycles. The minimum absolute atomic E-state index is 0.449. The molecule has 0 saturated heterocycles. The molecule has 2 nitrogen and oxygen atoms in total. The Morgan fingerprint density at radius 2 is 2.29 bits per heavy atom. The lowest BCUT2D eigenvalue weighted by Gasteiger charge is -2.06. The van der Waals surface area contributed by atoms with E-state index in [1.54, 1.807) is 6.26 Å². The zero-order chi connectivity index (χ0) is 9.38. The van der Waals surface area contributed by atoms with Crippen molar-refractivity contribution in [1.82, 2.24) is 0 Å². The third-order valence-corrected chi connectivity index (χ3v) is 2.76. The number of hydrogen-bond donors (Lipinski definition) is 0. The molecule has 2 heteroatoms. The van der Waals surface area contributed by atoms with Crippen LogP contribution in [0.5, 0.6) is 0 Å². The fourth-order valence-electron chi connectivity index (χ4n) is 2.03. The average Bonchev–Trinajstić information content (AvgIpc) is 2.88. The second kappa shape index (κ2) is 2.98. The summed E-state index contributed by atoms with van der Waals surface area (Å²) in [5, 5.41) is 1.18. The molecule has 0 fully saturated rings. The number of para-hydroxylation sites is 1. The third kappa shape index (κ3) is 1.07. The molecule has 0 spiro atoms. The Labute approximate surface area is 82.3 Å². The molecule has 1 aromatic carbocycles. The summed E-state index contributed by atoms with van der Waals surface area (Å²) < 4.78 is 5.50. The minimum atomic E-state index is 0.449. The largest absolute Gasteiger partial charge is 0.464 e. The average molecular weight is 185 g/mol. The van der Waals surface area contributed by atoms with E-state index in [1.807, 2.05) is 12.3 Å². The topological polar surface area (TPSA) is 25.5 Å². The van der Waals surface area contributed by atoms with Crippen LogP contribution in [0.1, 0.15) is 17.9 Å². The van der Waals surface area contributed by atoms with Crippen LogP contribution in [-0.2, 0) is 0 Å². The Kier molecular flexibility index (Phi) is 1.66. The fraction of sp³-hybridized carbons (Fsp3) is 0.250. The van der Waals surface area contributed by atoms with Gasteiger partial charge >= 0.3 is 0 Å². The molecule has 1 unspecified atom stereocenters. The second-order valence-electron chi connectivity index (χ2n) is 3.64. The highest BCUT2D eigenvalue weighted by molar-refractivity contribution is 5.85. The van der Waals surface area contributed by atoms with E-state index in [1.165, 1.54) is 10.9 Å². The molecule has 0 amide bonds. The lowest BCUT2D eigenvalue weighted by molar-refractivity contribution is 0.609. The quantitative estimate of drug-likeness (QED) is 0.670. The number of fused-ring (bicyclic) bond motifs is 1. The van der Waals surface area contributed by atoms with E-state index in [-0.39, 0.29) is 0 Å². The van der Waals surface area contributed by atoms with Gasteiger partial charge in [0.2, 0.25) is 0 Å². The van der Waals surface area contributed by atoms with Gasteiger partial charge < -0.3 is 4.42 Å². The van der Waals surface area contributed by atoms with Crippen LogP contribution in [0.3, 0.4) is 0 Å². The van der Waals surface area contributed by atoms with Crippen LogP contribution in [-0.4, -0.2) is 12.8 Å². The molecule has 0 N–H and O–H groups in total. The van der Waals surface area contributed by atoms with E-state index in [9.17, 15) is 0 Å². The Bertz CT molecular complexity index is 484. The van der Waals surface area contributed by atoms with E-state index < -0.39 is 0 Å². The Morgan fingerprint density at radius 1 is 1.29 bits per heavy atom. The van der Waals surface area contributed by atoms with Gasteiger partial charge in [-0.25, -0.2) is 0 Å². The van der Waals surface area contributed by atoms with Gasteiger partial charge in [0.1, 0.15) is 5.58 Å². The summed E-state index contributed by atoms with van der Waals surface area (Å²) in [5.41, 5.74) is 2.29. The van der Waals surface area contributed by atoms with Crippen LogP contribution in [0.4, 0.5) is 0 Å². The summed E-state index contributed by atoms with van der Waals surface area (Å²) in [6.45, 7) is 0.946. The molecular formula is C12H11NO. The van der Waals surface area contributed by atoms with Gasteiger partial charge in [0.15, 0.2) is 0 Å². The Balaban J connectivity index is 2.19. The van der Waals surface area contributed by atoms with Crippen LogP contribution in [0.25, 0.3) is 11.0 Å². The molecular weight excluding hydrogens is 174 g/mol. The van der Waals surface area contributed by atoms with Crippen molar-refractivity contribution in [3.63, 3.8) is 0 Å². The lowest BCUT2D eigenvalue weighted by atomic mass is 9.97. The monoisotopic (exact) mass is 185 g/mol. The van der Waals surface area contributed by atoms with Gasteiger partial charge in [0, 0.05) is 29.6 Å². The number of benzene rings is 1. The Hall–Kier alpha value is -1.57. The highest BCUT2D eigenvalue weighted by atomic mass is 16.3.